The van der Waals surface area contributed by atoms with E-state index in [1.165, 1.54) is 5.56 Å². The lowest BCUT2D eigenvalue weighted by atomic mass is 9.83. The maximum atomic E-state index is 10.6. The molecular weight excluding hydrogens is 222 g/mol. The largest absolute Gasteiger partial charge is 0.390 e. The van der Waals surface area contributed by atoms with E-state index in [0.717, 1.165) is 38.6 Å². The maximum Gasteiger partial charge on any atom is 0.0674 e. The molecular formula is C16H25NO. The first-order valence-electron chi connectivity index (χ1n) is 7.06. The molecule has 1 saturated heterocycles. The fourth-order valence-corrected chi connectivity index (χ4v) is 2.91. The average molecular weight is 247 g/mol. The predicted octanol–water partition coefficient (Wildman–Crippen LogP) is 2.85. The molecule has 1 N–H and O–H groups in total. The van der Waals surface area contributed by atoms with E-state index in [4.69, 9.17) is 0 Å². The van der Waals surface area contributed by atoms with Crippen molar-refractivity contribution in [3.05, 3.63) is 35.9 Å². The van der Waals surface area contributed by atoms with Gasteiger partial charge in [0.05, 0.1) is 5.60 Å². The normalized spacial score (nSPS) is 29.4. The SMILES string of the molecule is CC1CC(O)(CCCc2ccccc2)CCN1C. The Morgan fingerprint density at radius 2 is 2.06 bits per heavy atom. The van der Waals surface area contributed by atoms with Crippen molar-refractivity contribution < 1.29 is 5.11 Å². The molecule has 2 heteroatoms. The van der Waals surface area contributed by atoms with E-state index in [1.54, 1.807) is 0 Å². The standard InChI is InChI=1S/C16H25NO/c1-14-13-16(18,11-12-17(14)2)10-6-9-15-7-4-3-5-8-15/h3-5,7-8,14,18H,6,9-13H2,1-2H3. The Labute approximate surface area is 111 Å². The number of likely N-dealkylation sites (tertiary alicyclic amines) is 1. The molecule has 0 aliphatic carbocycles. The van der Waals surface area contributed by atoms with Gasteiger partial charge in [-0.25, -0.2) is 0 Å². The molecule has 2 unspecified atom stereocenters. The minimum atomic E-state index is -0.430. The summed E-state index contributed by atoms with van der Waals surface area (Å²) in [5.41, 5.74) is 0.947. The second kappa shape index (κ2) is 5.85. The van der Waals surface area contributed by atoms with Gasteiger partial charge in [0.1, 0.15) is 0 Å². The van der Waals surface area contributed by atoms with Gasteiger partial charge in [0.15, 0.2) is 0 Å². The van der Waals surface area contributed by atoms with Gasteiger partial charge in [-0.05, 0) is 51.6 Å². The summed E-state index contributed by atoms with van der Waals surface area (Å²) < 4.78 is 0. The van der Waals surface area contributed by atoms with Crippen LogP contribution < -0.4 is 0 Å². The highest BCUT2D eigenvalue weighted by Gasteiger charge is 2.34. The van der Waals surface area contributed by atoms with Crippen LogP contribution in [0.5, 0.6) is 0 Å². The predicted molar refractivity (Wildman–Crippen MR) is 75.7 cm³/mol. The number of piperidine rings is 1. The molecule has 2 atom stereocenters. The van der Waals surface area contributed by atoms with Crippen LogP contribution in [0.15, 0.2) is 30.3 Å². The summed E-state index contributed by atoms with van der Waals surface area (Å²) in [6.45, 7) is 3.23. The summed E-state index contributed by atoms with van der Waals surface area (Å²) in [6.07, 6.45) is 4.92. The van der Waals surface area contributed by atoms with Crippen molar-refractivity contribution >= 4 is 0 Å². The van der Waals surface area contributed by atoms with E-state index in [2.05, 4.69) is 49.2 Å². The summed E-state index contributed by atoms with van der Waals surface area (Å²) in [5.74, 6) is 0. The van der Waals surface area contributed by atoms with Gasteiger partial charge >= 0.3 is 0 Å². The molecule has 0 bridgehead atoms. The number of nitrogens with zero attached hydrogens (tertiary/aromatic N) is 1. The zero-order valence-electron chi connectivity index (χ0n) is 11.6. The Morgan fingerprint density at radius 3 is 2.72 bits per heavy atom. The Morgan fingerprint density at radius 1 is 1.33 bits per heavy atom. The summed E-state index contributed by atoms with van der Waals surface area (Å²) in [5, 5.41) is 10.6. The summed E-state index contributed by atoms with van der Waals surface area (Å²) in [4.78, 5) is 2.34. The highest BCUT2D eigenvalue weighted by atomic mass is 16.3. The lowest BCUT2D eigenvalue weighted by Gasteiger charge is -2.41. The lowest BCUT2D eigenvalue weighted by molar-refractivity contribution is -0.0429. The molecule has 2 nitrogen and oxygen atoms in total. The van der Waals surface area contributed by atoms with Crippen LogP contribution in [0.1, 0.15) is 38.2 Å². The fourth-order valence-electron chi connectivity index (χ4n) is 2.91. The van der Waals surface area contributed by atoms with Crippen molar-refractivity contribution in [2.75, 3.05) is 13.6 Å². The Balaban J connectivity index is 1.79. The molecule has 1 fully saturated rings. The molecule has 1 aliphatic rings. The van der Waals surface area contributed by atoms with Crippen molar-refractivity contribution in [2.24, 2.45) is 0 Å². The first-order valence-corrected chi connectivity index (χ1v) is 7.06. The van der Waals surface area contributed by atoms with Gasteiger partial charge in [-0.2, -0.15) is 0 Å². The van der Waals surface area contributed by atoms with Crippen LogP contribution in [0, 0.1) is 0 Å². The molecule has 1 aromatic rings. The third-order valence-corrected chi connectivity index (χ3v) is 4.31. The molecule has 0 radical (unpaired) electrons. The summed E-state index contributed by atoms with van der Waals surface area (Å²) in [6, 6.07) is 11.1. The number of aryl methyl sites for hydroxylation is 1. The van der Waals surface area contributed by atoms with Crippen molar-refractivity contribution in [2.45, 2.75) is 50.7 Å². The van der Waals surface area contributed by atoms with Crippen LogP contribution in [0.4, 0.5) is 0 Å². The molecule has 2 rings (SSSR count). The third-order valence-electron chi connectivity index (χ3n) is 4.31. The topological polar surface area (TPSA) is 23.5 Å². The van der Waals surface area contributed by atoms with E-state index < -0.39 is 5.60 Å². The molecule has 18 heavy (non-hydrogen) atoms. The lowest BCUT2D eigenvalue weighted by Crippen LogP contribution is -2.47. The Bertz CT molecular complexity index is 365. The van der Waals surface area contributed by atoms with Gasteiger partial charge in [0.2, 0.25) is 0 Å². The van der Waals surface area contributed by atoms with Crippen LogP contribution in [-0.4, -0.2) is 35.2 Å². The molecule has 0 spiro atoms. The quantitative estimate of drug-likeness (QED) is 0.884. The van der Waals surface area contributed by atoms with Crippen LogP contribution in [0.25, 0.3) is 0 Å². The van der Waals surface area contributed by atoms with Gasteiger partial charge in [0, 0.05) is 12.6 Å². The Hall–Kier alpha value is -0.860. The number of rotatable bonds is 4. The van der Waals surface area contributed by atoms with Crippen molar-refractivity contribution in [3.8, 4) is 0 Å². The van der Waals surface area contributed by atoms with Gasteiger partial charge in [-0.1, -0.05) is 30.3 Å². The fraction of sp³-hybridized carbons (Fsp3) is 0.625. The second-order valence-electron chi connectivity index (χ2n) is 5.85. The van der Waals surface area contributed by atoms with Crippen molar-refractivity contribution in [1.82, 2.24) is 4.90 Å². The van der Waals surface area contributed by atoms with E-state index in [0.29, 0.717) is 6.04 Å². The van der Waals surface area contributed by atoms with Crippen molar-refractivity contribution in [3.63, 3.8) is 0 Å². The smallest absolute Gasteiger partial charge is 0.0674 e. The highest BCUT2D eigenvalue weighted by Crippen LogP contribution is 2.30. The minimum Gasteiger partial charge on any atom is -0.390 e. The van der Waals surface area contributed by atoms with Gasteiger partial charge < -0.3 is 10.0 Å². The summed E-state index contributed by atoms with van der Waals surface area (Å²) >= 11 is 0. The third kappa shape index (κ3) is 3.56. The molecule has 0 aromatic heterocycles. The number of benzene rings is 1. The van der Waals surface area contributed by atoms with Crippen LogP contribution >= 0.6 is 0 Å². The number of hydrogen-bond donors (Lipinski definition) is 1. The van der Waals surface area contributed by atoms with Crippen LogP contribution in [0.2, 0.25) is 0 Å². The van der Waals surface area contributed by atoms with E-state index in [-0.39, 0.29) is 0 Å². The number of hydrogen-bond acceptors (Lipinski definition) is 2. The van der Waals surface area contributed by atoms with Gasteiger partial charge in [0.25, 0.3) is 0 Å². The number of aliphatic hydroxyl groups is 1. The first kappa shape index (κ1) is 13.6. The van der Waals surface area contributed by atoms with E-state index in [9.17, 15) is 5.11 Å². The molecule has 1 aliphatic heterocycles. The average Bonchev–Trinajstić information content (AvgIpc) is 2.36. The summed E-state index contributed by atoms with van der Waals surface area (Å²) in [7, 11) is 2.15. The van der Waals surface area contributed by atoms with E-state index in [1.807, 2.05) is 0 Å². The molecule has 100 valence electrons. The highest BCUT2D eigenvalue weighted by molar-refractivity contribution is 5.14. The zero-order chi connectivity index (χ0) is 13.0. The van der Waals surface area contributed by atoms with E-state index >= 15 is 0 Å². The first-order chi connectivity index (χ1) is 8.59. The molecule has 0 amide bonds. The molecule has 1 heterocycles. The maximum absolute atomic E-state index is 10.6. The molecule has 0 saturated carbocycles. The van der Waals surface area contributed by atoms with Crippen molar-refractivity contribution in [1.29, 1.82) is 0 Å². The van der Waals surface area contributed by atoms with Crippen LogP contribution in [0.3, 0.4) is 0 Å². The van der Waals surface area contributed by atoms with Gasteiger partial charge in [-0.15, -0.1) is 0 Å². The van der Waals surface area contributed by atoms with Crippen LogP contribution in [-0.2, 0) is 6.42 Å². The second-order valence-corrected chi connectivity index (χ2v) is 5.85. The molecule has 1 aromatic carbocycles. The Kier molecular flexibility index (Phi) is 4.41. The van der Waals surface area contributed by atoms with Gasteiger partial charge in [-0.3, -0.25) is 0 Å². The minimum absolute atomic E-state index is 0.430. The monoisotopic (exact) mass is 247 g/mol. The zero-order valence-corrected chi connectivity index (χ0v) is 11.6.